The summed E-state index contributed by atoms with van der Waals surface area (Å²) in [5.74, 6) is 0. The minimum Gasteiger partial charge on any atom is -0.454 e. The first-order valence-electron chi connectivity index (χ1n) is 16.9. The number of benzene rings is 5. The van der Waals surface area contributed by atoms with Crippen LogP contribution in [0.5, 0.6) is 0 Å². The van der Waals surface area contributed by atoms with Gasteiger partial charge in [0.15, 0.2) is 5.58 Å². The van der Waals surface area contributed by atoms with Crippen LogP contribution in [0.15, 0.2) is 123 Å². The van der Waals surface area contributed by atoms with Crippen LogP contribution in [0.3, 0.4) is 0 Å². The molecule has 1 aliphatic carbocycles. The Morgan fingerprint density at radius 2 is 1.17 bits per heavy atom. The van der Waals surface area contributed by atoms with Crippen LogP contribution in [0.2, 0.25) is 0 Å². The maximum Gasteiger partial charge on any atom is 0.159 e. The van der Waals surface area contributed by atoms with Gasteiger partial charge in [-0.2, -0.15) is 0 Å². The fraction of sp³-hybridized carbons (Fsp3) is 0.190. The topological polar surface area (TPSA) is 23.0 Å². The summed E-state index contributed by atoms with van der Waals surface area (Å²) in [5, 5.41) is 7.52. The molecule has 0 spiro atoms. The van der Waals surface area contributed by atoms with Crippen LogP contribution < -0.4 is 0 Å². The molecular formula is C42H40N2OS. The standard InChI is InChI=1S/C36H22N2OS.3C2H6/c1-4-14-25-23(11-1)33-29(37(25)28-17-9-13-22-21-10-3-7-18-30(21)39-36(22)28)20-32-35-34(33)24-12-2-5-15-26(24)38(35)27-16-6-8-19-31(27)40-32;3*1-2/h1-5,7,9-20H,6,8H2;3*1-2H3. The second kappa shape index (κ2) is 12.3. The summed E-state index contributed by atoms with van der Waals surface area (Å²) in [6, 6.07) is 35.1. The molecule has 46 heavy (non-hydrogen) atoms. The summed E-state index contributed by atoms with van der Waals surface area (Å²) >= 11 is 1.92. The molecule has 3 aromatic heterocycles. The van der Waals surface area contributed by atoms with Crippen molar-refractivity contribution in [3.8, 4) is 5.69 Å². The molecule has 8 aromatic rings. The Kier molecular flexibility index (Phi) is 8.00. The van der Waals surface area contributed by atoms with E-state index in [2.05, 4.69) is 112 Å². The first-order valence-corrected chi connectivity index (χ1v) is 17.7. The van der Waals surface area contributed by atoms with Crippen molar-refractivity contribution in [3.63, 3.8) is 0 Å². The zero-order valence-electron chi connectivity index (χ0n) is 27.5. The molecule has 230 valence electrons. The number of rotatable bonds is 1. The zero-order valence-corrected chi connectivity index (χ0v) is 28.3. The van der Waals surface area contributed by atoms with Crippen molar-refractivity contribution >= 4 is 83.0 Å². The van der Waals surface area contributed by atoms with Crippen molar-refractivity contribution in [2.45, 2.75) is 59.3 Å². The van der Waals surface area contributed by atoms with Crippen LogP contribution in [-0.2, 0) is 0 Å². The highest BCUT2D eigenvalue weighted by molar-refractivity contribution is 8.04. The Morgan fingerprint density at radius 3 is 1.93 bits per heavy atom. The van der Waals surface area contributed by atoms with Crippen LogP contribution in [-0.4, -0.2) is 9.13 Å². The van der Waals surface area contributed by atoms with E-state index in [9.17, 15) is 0 Å². The fourth-order valence-electron chi connectivity index (χ4n) is 7.13. The number of allylic oxidation sites excluding steroid dienone is 3. The summed E-state index contributed by atoms with van der Waals surface area (Å²) in [6.07, 6.45) is 7.02. The summed E-state index contributed by atoms with van der Waals surface area (Å²) in [5.41, 5.74) is 9.28. The van der Waals surface area contributed by atoms with Gasteiger partial charge in [-0.1, -0.05) is 132 Å². The second-order valence-electron chi connectivity index (χ2n) is 10.8. The zero-order chi connectivity index (χ0) is 31.9. The molecule has 0 saturated carbocycles. The second-order valence-corrected chi connectivity index (χ2v) is 11.9. The minimum atomic E-state index is 0.922. The quantitative estimate of drug-likeness (QED) is 0.182. The molecule has 4 heterocycles. The monoisotopic (exact) mass is 620 g/mol. The van der Waals surface area contributed by atoms with Crippen LogP contribution in [0.4, 0.5) is 0 Å². The highest BCUT2D eigenvalue weighted by Gasteiger charge is 2.29. The van der Waals surface area contributed by atoms with Crippen LogP contribution in [0.1, 0.15) is 54.4 Å². The van der Waals surface area contributed by atoms with E-state index in [0.29, 0.717) is 0 Å². The van der Waals surface area contributed by atoms with E-state index in [-0.39, 0.29) is 0 Å². The Morgan fingerprint density at radius 1 is 0.565 bits per heavy atom. The van der Waals surface area contributed by atoms with Gasteiger partial charge in [-0.15, -0.1) is 0 Å². The third kappa shape index (κ3) is 4.20. The summed E-state index contributed by atoms with van der Waals surface area (Å²) in [4.78, 5) is 2.67. The van der Waals surface area contributed by atoms with Gasteiger partial charge in [-0.25, -0.2) is 0 Å². The molecule has 0 saturated heterocycles. The lowest BCUT2D eigenvalue weighted by molar-refractivity contribution is 0.666. The molecule has 3 nitrogen and oxygen atoms in total. The number of thioether (sulfide) groups is 1. The van der Waals surface area contributed by atoms with E-state index in [0.717, 1.165) is 40.5 Å². The molecule has 0 fully saturated rings. The predicted molar refractivity (Wildman–Crippen MR) is 203 cm³/mol. The van der Waals surface area contributed by atoms with Crippen molar-refractivity contribution in [3.05, 3.63) is 114 Å². The molecule has 1 aliphatic heterocycles. The molecule has 0 radical (unpaired) electrons. The summed E-state index contributed by atoms with van der Waals surface area (Å²) in [6.45, 7) is 12.0. The number of furan rings is 1. The Labute approximate surface area is 274 Å². The van der Waals surface area contributed by atoms with E-state index >= 15 is 0 Å². The number of hydrogen-bond donors (Lipinski definition) is 0. The molecule has 5 aromatic carbocycles. The van der Waals surface area contributed by atoms with E-state index < -0.39 is 0 Å². The number of fused-ring (bicyclic) bond motifs is 12. The van der Waals surface area contributed by atoms with Gasteiger partial charge in [0.2, 0.25) is 0 Å². The van der Waals surface area contributed by atoms with Crippen molar-refractivity contribution in [1.29, 1.82) is 0 Å². The SMILES string of the molecule is C1=C2Sc3cc4c(c5ccccc5n4-c4cccc5c4oc4ccccc45)c4c5ccccc5n(c34)C2=CCC1.CC.CC.CC. The lowest BCUT2D eigenvalue weighted by atomic mass is 10.1. The molecule has 0 amide bonds. The van der Waals surface area contributed by atoms with E-state index in [1.54, 1.807) is 0 Å². The highest BCUT2D eigenvalue weighted by Crippen LogP contribution is 2.53. The molecular weight excluding hydrogens is 581 g/mol. The van der Waals surface area contributed by atoms with Gasteiger partial charge in [0.1, 0.15) is 5.58 Å². The van der Waals surface area contributed by atoms with Gasteiger partial charge in [0.05, 0.1) is 33.5 Å². The van der Waals surface area contributed by atoms with Gasteiger partial charge < -0.3 is 13.6 Å². The third-order valence-corrected chi connectivity index (χ3v) is 9.84. The number of hydrogen-bond acceptors (Lipinski definition) is 2. The van der Waals surface area contributed by atoms with Gasteiger partial charge in [0.25, 0.3) is 0 Å². The third-order valence-electron chi connectivity index (χ3n) is 8.71. The van der Waals surface area contributed by atoms with E-state index in [1.165, 1.54) is 59.1 Å². The predicted octanol–water partition coefficient (Wildman–Crippen LogP) is 13.5. The van der Waals surface area contributed by atoms with Crippen LogP contribution in [0.25, 0.3) is 76.9 Å². The van der Waals surface area contributed by atoms with Gasteiger partial charge in [0, 0.05) is 42.1 Å². The normalized spacial score (nSPS) is 13.4. The molecule has 10 rings (SSSR count). The molecule has 0 bridgehead atoms. The van der Waals surface area contributed by atoms with Crippen LogP contribution >= 0.6 is 11.8 Å². The van der Waals surface area contributed by atoms with Crippen molar-refractivity contribution < 1.29 is 4.42 Å². The van der Waals surface area contributed by atoms with Gasteiger partial charge in [-0.3, -0.25) is 0 Å². The van der Waals surface area contributed by atoms with Gasteiger partial charge >= 0.3 is 0 Å². The number of para-hydroxylation sites is 4. The maximum absolute atomic E-state index is 6.56. The minimum absolute atomic E-state index is 0.922. The van der Waals surface area contributed by atoms with Crippen molar-refractivity contribution in [2.75, 3.05) is 0 Å². The fourth-order valence-corrected chi connectivity index (χ4v) is 8.31. The van der Waals surface area contributed by atoms with Crippen molar-refractivity contribution in [1.82, 2.24) is 9.13 Å². The first kappa shape index (κ1) is 30.0. The molecule has 4 heteroatoms. The molecule has 0 N–H and O–H groups in total. The van der Waals surface area contributed by atoms with E-state index in [1.807, 2.05) is 59.4 Å². The summed E-state index contributed by atoms with van der Waals surface area (Å²) < 4.78 is 11.5. The van der Waals surface area contributed by atoms with Crippen molar-refractivity contribution in [2.24, 2.45) is 0 Å². The smallest absolute Gasteiger partial charge is 0.159 e. The Bertz CT molecular complexity index is 2470. The lowest BCUT2D eigenvalue weighted by Crippen LogP contribution is -2.06. The average molecular weight is 621 g/mol. The Hall–Kier alpha value is -4.67. The van der Waals surface area contributed by atoms with Gasteiger partial charge in [-0.05, 0) is 43.2 Å². The molecule has 2 aliphatic rings. The molecule has 0 unspecified atom stereocenters. The highest BCUT2D eigenvalue weighted by atomic mass is 32.2. The number of nitrogens with zero attached hydrogens (tertiary/aromatic N) is 2. The lowest BCUT2D eigenvalue weighted by Gasteiger charge is -2.25. The largest absolute Gasteiger partial charge is 0.454 e. The van der Waals surface area contributed by atoms with E-state index in [4.69, 9.17) is 4.42 Å². The average Bonchev–Trinajstić information content (AvgIpc) is 3.80. The first-order chi connectivity index (χ1) is 22.9. The summed E-state index contributed by atoms with van der Waals surface area (Å²) in [7, 11) is 0. The maximum atomic E-state index is 6.56. The Balaban J connectivity index is 0.000000535. The molecule has 0 atom stereocenters. The van der Waals surface area contributed by atoms with Crippen LogP contribution in [0, 0.1) is 0 Å². The number of aromatic nitrogens is 2.